The summed E-state index contributed by atoms with van der Waals surface area (Å²) in [7, 11) is -1.71. The Morgan fingerprint density at radius 1 is 1.12 bits per heavy atom. The fourth-order valence-electron chi connectivity index (χ4n) is 5.62. The van der Waals surface area contributed by atoms with Crippen LogP contribution in [-0.2, 0) is 10.5 Å². The normalized spacial score (nSPS) is 15.1. The lowest BCUT2D eigenvalue weighted by Gasteiger charge is -2.32. The minimum Gasteiger partial charge on any atom is -0.496 e. The SMILES string of the molecule is COc1cc2c(=O)c3c4ccc(C#N)cc4[nH]c3n(C3CCN(C)CC3)c2cc1-c1cncc(OS(=O)(=O)F)c1. The van der Waals surface area contributed by atoms with Gasteiger partial charge in [-0.1, -0.05) is 9.95 Å². The number of hydrogen-bond donors (Lipinski definition) is 1. The number of methoxy groups -OCH3 is 1. The summed E-state index contributed by atoms with van der Waals surface area (Å²) in [5.74, 6) is 0.0572. The summed E-state index contributed by atoms with van der Waals surface area (Å²) in [4.78, 5) is 23.7. The molecule has 0 unspecified atom stereocenters. The first kappa shape index (κ1) is 25.8. The highest BCUT2D eigenvalue weighted by Crippen LogP contribution is 2.39. The summed E-state index contributed by atoms with van der Waals surface area (Å²) in [5.41, 5.74) is 3.23. The van der Waals surface area contributed by atoms with E-state index in [1.54, 1.807) is 24.3 Å². The van der Waals surface area contributed by atoms with Gasteiger partial charge in [0.1, 0.15) is 11.4 Å². The Morgan fingerprint density at radius 2 is 1.90 bits per heavy atom. The molecule has 10 nitrogen and oxygen atoms in total. The van der Waals surface area contributed by atoms with Crippen molar-refractivity contribution >= 4 is 43.3 Å². The summed E-state index contributed by atoms with van der Waals surface area (Å²) in [6, 6.07) is 12.3. The highest BCUT2D eigenvalue weighted by atomic mass is 32.3. The quantitative estimate of drug-likeness (QED) is 0.312. The number of nitrogens with zero attached hydrogens (tertiary/aromatic N) is 4. The van der Waals surface area contributed by atoms with Crippen LogP contribution >= 0.6 is 0 Å². The Bertz CT molecular complexity index is 2020. The molecule has 3 aromatic heterocycles. The van der Waals surface area contributed by atoms with Crippen LogP contribution in [0.3, 0.4) is 0 Å². The van der Waals surface area contributed by atoms with E-state index in [1.807, 2.05) is 6.07 Å². The average Bonchev–Trinajstić information content (AvgIpc) is 3.31. The Morgan fingerprint density at radius 3 is 2.60 bits per heavy atom. The maximum Gasteiger partial charge on any atom is 0.488 e. The largest absolute Gasteiger partial charge is 0.496 e. The molecule has 40 heavy (non-hydrogen) atoms. The van der Waals surface area contributed by atoms with Crippen molar-refractivity contribution < 1.29 is 21.2 Å². The van der Waals surface area contributed by atoms with Gasteiger partial charge in [0.25, 0.3) is 0 Å². The van der Waals surface area contributed by atoms with Crippen LogP contribution in [0.15, 0.2) is 53.6 Å². The van der Waals surface area contributed by atoms with E-state index in [0.717, 1.165) is 37.5 Å². The second-order valence-electron chi connectivity index (χ2n) is 9.91. The number of rotatable bonds is 5. The molecule has 0 atom stereocenters. The number of aromatic nitrogens is 3. The van der Waals surface area contributed by atoms with Gasteiger partial charge < -0.3 is 23.4 Å². The third-order valence-corrected chi connectivity index (χ3v) is 7.86. The Balaban J connectivity index is 1.68. The van der Waals surface area contributed by atoms with Crippen molar-refractivity contribution in [3.05, 3.63) is 64.6 Å². The number of halogens is 1. The van der Waals surface area contributed by atoms with Gasteiger partial charge in [0, 0.05) is 34.3 Å². The topological polar surface area (TPSA) is 130 Å². The molecule has 1 aliphatic heterocycles. The number of piperidine rings is 1. The van der Waals surface area contributed by atoms with Crippen molar-refractivity contribution in [1.82, 2.24) is 19.4 Å². The zero-order valence-electron chi connectivity index (χ0n) is 21.6. The minimum atomic E-state index is -5.25. The predicted molar refractivity (Wildman–Crippen MR) is 148 cm³/mol. The first-order valence-electron chi connectivity index (χ1n) is 12.6. The summed E-state index contributed by atoms with van der Waals surface area (Å²) in [6.45, 7) is 1.76. The van der Waals surface area contributed by atoms with Crippen molar-refractivity contribution in [1.29, 1.82) is 5.26 Å². The first-order chi connectivity index (χ1) is 19.2. The number of benzene rings is 2. The summed E-state index contributed by atoms with van der Waals surface area (Å²) >= 11 is 0. The molecular formula is C28H24FN5O5S. The van der Waals surface area contributed by atoms with Gasteiger partial charge in [-0.3, -0.25) is 9.78 Å². The van der Waals surface area contributed by atoms with Crippen LogP contribution < -0.4 is 14.3 Å². The number of fused-ring (bicyclic) bond motifs is 4. The fourth-order valence-corrected chi connectivity index (χ4v) is 5.94. The van der Waals surface area contributed by atoms with Gasteiger partial charge in [-0.15, -0.1) is 0 Å². The van der Waals surface area contributed by atoms with Crippen molar-refractivity contribution in [2.75, 3.05) is 27.2 Å². The molecule has 0 saturated carbocycles. The van der Waals surface area contributed by atoms with Crippen LogP contribution in [0.4, 0.5) is 3.89 Å². The van der Waals surface area contributed by atoms with E-state index in [0.29, 0.717) is 49.9 Å². The lowest BCUT2D eigenvalue weighted by atomic mass is 9.99. The Hall–Kier alpha value is -4.47. The van der Waals surface area contributed by atoms with E-state index in [9.17, 15) is 22.4 Å². The Kier molecular flexibility index (Phi) is 6.20. The first-order valence-corrected chi connectivity index (χ1v) is 13.9. The number of aromatic amines is 1. The summed E-state index contributed by atoms with van der Waals surface area (Å²) in [5, 5.41) is 11.1. The van der Waals surface area contributed by atoms with Gasteiger partial charge in [-0.2, -0.15) is 13.7 Å². The number of nitrogens with one attached hydrogen (secondary N) is 1. The second-order valence-corrected chi connectivity index (χ2v) is 10.9. The van der Waals surface area contributed by atoms with Crippen LogP contribution in [-0.4, -0.2) is 55.1 Å². The molecule has 1 saturated heterocycles. The van der Waals surface area contributed by atoms with Gasteiger partial charge >= 0.3 is 10.5 Å². The lowest BCUT2D eigenvalue weighted by Crippen LogP contribution is -2.32. The molecule has 204 valence electrons. The standard InChI is InChI=1S/C28H24FN5O5S/c1-33-7-5-18(6-8-33)34-24-11-21(17-10-19(15-31-14-17)39-40(29,36)37)25(38-2)12-22(24)27(35)26-20-4-3-16(13-30)9-23(20)32-28(26)34/h3-4,9-12,14-15,18,32H,5-8H2,1-2H3. The van der Waals surface area contributed by atoms with Gasteiger partial charge in [-0.25, -0.2) is 0 Å². The highest BCUT2D eigenvalue weighted by molar-refractivity contribution is 7.81. The van der Waals surface area contributed by atoms with Crippen LogP contribution in [0.25, 0.3) is 44.0 Å². The number of nitriles is 1. The molecule has 0 spiro atoms. The Labute approximate surface area is 228 Å². The summed E-state index contributed by atoms with van der Waals surface area (Å²) in [6.07, 6.45) is 4.27. The average molecular weight is 562 g/mol. The van der Waals surface area contributed by atoms with E-state index in [-0.39, 0.29) is 17.2 Å². The van der Waals surface area contributed by atoms with Crippen molar-refractivity contribution in [3.8, 4) is 28.7 Å². The van der Waals surface area contributed by atoms with Crippen molar-refractivity contribution in [2.24, 2.45) is 0 Å². The molecule has 0 aliphatic carbocycles. The number of H-pyrrole nitrogens is 1. The van der Waals surface area contributed by atoms with Crippen LogP contribution in [0.5, 0.6) is 11.5 Å². The van der Waals surface area contributed by atoms with E-state index in [4.69, 9.17) is 4.74 Å². The molecule has 0 bridgehead atoms. The van der Waals surface area contributed by atoms with E-state index < -0.39 is 10.5 Å². The van der Waals surface area contributed by atoms with Crippen LogP contribution in [0.1, 0.15) is 24.4 Å². The van der Waals surface area contributed by atoms with Crippen LogP contribution in [0.2, 0.25) is 0 Å². The molecule has 5 aromatic rings. The van der Waals surface area contributed by atoms with Gasteiger partial charge in [0.05, 0.1) is 41.2 Å². The predicted octanol–water partition coefficient (Wildman–Crippen LogP) is 4.44. The minimum absolute atomic E-state index is 0.0658. The molecule has 6 rings (SSSR count). The second kappa shape index (κ2) is 9.62. The molecule has 1 fully saturated rings. The van der Waals surface area contributed by atoms with Crippen LogP contribution in [0, 0.1) is 11.3 Å². The molecule has 1 aliphatic rings. The fraction of sp³-hybridized carbons (Fsp3) is 0.250. The van der Waals surface area contributed by atoms with E-state index in [1.165, 1.54) is 19.4 Å². The smallest absolute Gasteiger partial charge is 0.488 e. The highest BCUT2D eigenvalue weighted by Gasteiger charge is 2.26. The lowest BCUT2D eigenvalue weighted by molar-refractivity contribution is 0.226. The maximum absolute atomic E-state index is 14.0. The molecular weight excluding hydrogens is 537 g/mol. The third kappa shape index (κ3) is 4.43. The van der Waals surface area contributed by atoms with E-state index in [2.05, 4.69) is 36.7 Å². The number of likely N-dealkylation sites (tertiary alicyclic amines) is 1. The number of hydrogen-bond acceptors (Lipinski definition) is 8. The zero-order chi connectivity index (χ0) is 28.2. The molecule has 12 heteroatoms. The molecule has 0 amide bonds. The molecule has 1 N–H and O–H groups in total. The third-order valence-electron chi connectivity index (χ3n) is 7.47. The maximum atomic E-state index is 14.0. The molecule has 4 heterocycles. The monoisotopic (exact) mass is 561 g/mol. The number of ether oxygens (including phenoxy) is 1. The zero-order valence-corrected chi connectivity index (χ0v) is 22.5. The van der Waals surface area contributed by atoms with Gasteiger partial charge in [0.15, 0.2) is 11.2 Å². The van der Waals surface area contributed by atoms with Crippen molar-refractivity contribution in [2.45, 2.75) is 18.9 Å². The van der Waals surface area contributed by atoms with Gasteiger partial charge in [-0.05, 0) is 63.3 Å². The molecule has 0 radical (unpaired) electrons. The summed E-state index contributed by atoms with van der Waals surface area (Å²) < 4.78 is 47.5. The van der Waals surface area contributed by atoms with Gasteiger partial charge in [0.2, 0.25) is 0 Å². The number of pyridine rings is 2. The molecule has 2 aromatic carbocycles. The van der Waals surface area contributed by atoms with Crippen molar-refractivity contribution in [3.63, 3.8) is 0 Å². The van der Waals surface area contributed by atoms with E-state index >= 15 is 0 Å².